The average Bonchev–Trinajstić information content (AvgIpc) is 3.07. The quantitative estimate of drug-likeness (QED) is 0.773. The van der Waals surface area contributed by atoms with Crippen molar-refractivity contribution in [3.8, 4) is 0 Å². The van der Waals surface area contributed by atoms with E-state index in [9.17, 15) is 4.79 Å². The van der Waals surface area contributed by atoms with Crippen LogP contribution in [0.5, 0.6) is 0 Å². The zero-order valence-corrected chi connectivity index (χ0v) is 14.7. The molecule has 0 N–H and O–H groups in total. The fourth-order valence-corrected chi connectivity index (χ4v) is 3.83. The molecule has 0 unspecified atom stereocenters. The van der Waals surface area contributed by atoms with E-state index in [2.05, 4.69) is 42.6 Å². The summed E-state index contributed by atoms with van der Waals surface area (Å²) >= 11 is 3.21. The van der Waals surface area contributed by atoms with Crippen LogP contribution in [-0.2, 0) is 6.54 Å². The second-order valence-corrected chi connectivity index (χ2v) is 7.29. The van der Waals surface area contributed by atoms with E-state index in [1.807, 2.05) is 11.8 Å². The number of aryl methyl sites for hydroxylation is 1. The van der Waals surface area contributed by atoms with Gasteiger partial charge in [-0.15, -0.1) is 11.3 Å². The third-order valence-electron chi connectivity index (χ3n) is 3.24. The summed E-state index contributed by atoms with van der Waals surface area (Å²) in [7, 11) is 0. The zero-order valence-electron chi connectivity index (χ0n) is 13.0. The molecule has 2 heterocycles. The highest BCUT2D eigenvalue weighted by Crippen LogP contribution is 2.26. The number of thiophene rings is 1. The Morgan fingerprint density at radius 2 is 2.19 bits per heavy atom. The number of thiazole rings is 1. The summed E-state index contributed by atoms with van der Waals surface area (Å²) in [6.07, 6.45) is 0.963. The van der Waals surface area contributed by atoms with Gasteiger partial charge in [0.15, 0.2) is 0 Å². The van der Waals surface area contributed by atoms with Crippen molar-refractivity contribution >= 4 is 28.6 Å². The molecule has 0 spiro atoms. The van der Waals surface area contributed by atoms with Gasteiger partial charge in [-0.2, -0.15) is 11.3 Å². The van der Waals surface area contributed by atoms with Crippen LogP contribution in [0.1, 0.15) is 59.0 Å². The van der Waals surface area contributed by atoms with E-state index >= 15 is 0 Å². The lowest BCUT2D eigenvalue weighted by Crippen LogP contribution is -2.31. The Labute approximate surface area is 134 Å². The summed E-state index contributed by atoms with van der Waals surface area (Å²) < 4.78 is 0. The van der Waals surface area contributed by atoms with E-state index in [1.54, 1.807) is 22.7 Å². The van der Waals surface area contributed by atoms with Gasteiger partial charge in [0, 0.05) is 19.0 Å². The third-order valence-corrected chi connectivity index (χ3v) is 5.41. The van der Waals surface area contributed by atoms with Crippen LogP contribution in [0.4, 0.5) is 0 Å². The van der Waals surface area contributed by atoms with E-state index < -0.39 is 0 Å². The molecule has 0 fully saturated rings. The Morgan fingerprint density at radius 1 is 1.43 bits per heavy atom. The third kappa shape index (κ3) is 3.92. The van der Waals surface area contributed by atoms with Crippen LogP contribution in [0.25, 0.3) is 0 Å². The number of aromatic nitrogens is 1. The van der Waals surface area contributed by atoms with Crippen molar-refractivity contribution in [1.82, 2.24) is 9.88 Å². The van der Waals surface area contributed by atoms with Gasteiger partial charge in [-0.3, -0.25) is 4.79 Å². The minimum absolute atomic E-state index is 0.116. The van der Waals surface area contributed by atoms with Crippen LogP contribution < -0.4 is 0 Å². The molecule has 0 atom stereocenters. The number of amides is 1. The zero-order chi connectivity index (χ0) is 15.4. The predicted octanol–water partition coefficient (Wildman–Crippen LogP) is 4.69. The molecular weight excluding hydrogens is 300 g/mol. The maximum atomic E-state index is 12.8. The molecule has 1 amide bonds. The summed E-state index contributed by atoms with van der Waals surface area (Å²) in [5, 5.41) is 5.20. The van der Waals surface area contributed by atoms with Crippen LogP contribution in [0.3, 0.4) is 0 Å². The summed E-state index contributed by atoms with van der Waals surface area (Å²) in [6, 6.07) is 2.08. The van der Waals surface area contributed by atoms with Gasteiger partial charge in [0.2, 0.25) is 0 Å². The molecule has 114 valence electrons. The Hall–Kier alpha value is -1.20. The number of nitrogens with zero attached hydrogens (tertiary/aromatic N) is 2. The van der Waals surface area contributed by atoms with Crippen LogP contribution in [-0.4, -0.2) is 22.3 Å². The van der Waals surface area contributed by atoms with E-state index in [-0.39, 0.29) is 5.91 Å². The van der Waals surface area contributed by atoms with Crippen molar-refractivity contribution in [2.24, 2.45) is 0 Å². The molecule has 5 heteroatoms. The Bertz CT molecular complexity index is 587. The maximum Gasteiger partial charge on any atom is 0.266 e. The molecular formula is C16H22N2OS2. The first kappa shape index (κ1) is 16.2. The predicted molar refractivity (Wildman–Crippen MR) is 90.3 cm³/mol. The molecule has 0 radical (unpaired) electrons. The number of hydrogen-bond donors (Lipinski definition) is 0. The molecule has 2 aromatic rings. The normalized spacial score (nSPS) is 11.1. The standard InChI is InChI=1S/C16H22N2OS2/c1-5-7-18(9-13-6-8-20-10-13)16(19)14-12(4)17-15(21-14)11(2)3/h6,8,10-11H,5,7,9H2,1-4H3. The molecule has 0 saturated heterocycles. The highest BCUT2D eigenvalue weighted by molar-refractivity contribution is 7.13. The number of carbonyl (C=O) groups is 1. The maximum absolute atomic E-state index is 12.8. The second-order valence-electron chi connectivity index (χ2n) is 5.48. The van der Waals surface area contributed by atoms with Gasteiger partial charge >= 0.3 is 0 Å². The van der Waals surface area contributed by atoms with Gasteiger partial charge in [0.05, 0.1) is 10.7 Å². The van der Waals surface area contributed by atoms with Gasteiger partial charge in [-0.25, -0.2) is 4.98 Å². The molecule has 2 rings (SSSR count). The topological polar surface area (TPSA) is 33.2 Å². The van der Waals surface area contributed by atoms with Crippen LogP contribution in [0, 0.1) is 6.92 Å². The minimum atomic E-state index is 0.116. The van der Waals surface area contributed by atoms with E-state index in [4.69, 9.17) is 0 Å². The van der Waals surface area contributed by atoms with Crippen molar-refractivity contribution < 1.29 is 4.79 Å². The molecule has 2 aromatic heterocycles. The van der Waals surface area contributed by atoms with Crippen molar-refractivity contribution in [2.45, 2.75) is 46.6 Å². The Morgan fingerprint density at radius 3 is 2.71 bits per heavy atom. The largest absolute Gasteiger partial charge is 0.334 e. The van der Waals surface area contributed by atoms with Gasteiger partial charge in [-0.05, 0) is 35.7 Å². The lowest BCUT2D eigenvalue weighted by Gasteiger charge is -2.21. The molecule has 3 nitrogen and oxygen atoms in total. The fourth-order valence-electron chi connectivity index (χ4n) is 2.13. The minimum Gasteiger partial charge on any atom is -0.334 e. The number of hydrogen-bond acceptors (Lipinski definition) is 4. The molecule has 0 aliphatic carbocycles. The lowest BCUT2D eigenvalue weighted by molar-refractivity contribution is 0.0747. The Kier molecular flexibility index (Phi) is 5.53. The monoisotopic (exact) mass is 322 g/mol. The molecule has 0 saturated carbocycles. The Balaban J connectivity index is 2.21. The first-order valence-corrected chi connectivity index (χ1v) is 9.06. The molecule has 0 bridgehead atoms. The highest BCUT2D eigenvalue weighted by atomic mass is 32.1. The van der Waals surface area contributed by atoms with Gasteiger partial charge in [0.25, 0.3) is 5.91 Å². The van der Waals surface area contributed by atoms with Crippen LogP contribution >= 0.6 is 22.7 Å². The summed E-state index contributed by atoms with van der Waals surface area (Å²) in [6.45, 7) is 9.73. The van der Waals surface area contributed by atoms with Crippen LogP contribution in [0.15, 0.2) is 16.8 Å². The number of rotatable bonds is 6. The molecule has 0 aliphatic heterocycles. The highest BCUT2D eigenvalue weighted by Gasteiger charge is 2.22. The van der Waals surface area contributed by atoms with E-state index in [0.29, 0.717) is 12.5 Å². The molecule has 0 aromatic carbocycles. The van der Waals surface area contributed by atoms with Gasteiger partial charge < -0.3 is 4.90 Å². The van der Waals surface area contributed by atoms with Crippen molar-refractivity contribution in [3.63, 3.8) is 0 Å². The fraction of sp³-hybridized carbons (Fsp3) is 0.500. The average molecular weight is 322 g/mol. The number of carbonyl (C=O) groups excluding carboxylic acids is 1. The summed E-state index contributed by atoms with van der Waals surface area (Å²) in [5.74, 6) is 0.483. The van der Waals surface area contributed by atoms with Crippen molar-refractivity contribution in [1.29, 1.82) is 0 Å². The van der Waals surface area contributed by atoms with Crippen LogP contribution in [0.2, 0.25) is 0 Å². The second kappa shape index (κ2) is 7.18. The van der Waals surface area contributed by atoms with Crippen molar-refractivity contribution in [3.05, 3.63) is 38.0 Å². The van der Waals surface area contributed by atoms with Crippen molar-refractivity contribution in [2.75, 3.05) is 6.54 Å². The summed E-state index contributed by atoms with van der Waals surface area (Å²) in [5.41, 5.74) is 2.06. The van der Waals surface area contributed by atoms with Gasteiger partial charge in [-0.1, -0.05) is 20.8 Å². The van der Waals surface area contributed by atoms with E-state index in [0.717, 1.165) is 28.5 Å². The SMILES string of the molecule is CCCN(Cc1ccsc1)C(=O)c1sc(C(C)C)nc1C. The summed E-state index contributed by atoms with van der Waals surface area (Å²) in [4.78, 5) is 20.1. The van der Waals surface area contributed by atoms with E-state index in [1.165, 1.54) is 5.56 Å². The van der Waals surface area contributed by atoms with Gasteiger partial charge in [0.1, 0.15) is 4.88 Å². The first-order chi connectivity index (χ1) is 10.0. The smallest absolute Gasteiger partial charge is 0.266 e. The lowest BCUT2D eigenvalue weighted by atomic mass is 10.2. The molecule has 21 heavy (non-hydrogen) atoms. The first-order valence-electron chi connectivity index (χ1n) is 7.30. The molecule has 0 aliphatic rings.